The monoisotopic (exact) mass is 514 g/mol. The molecular formula is C31H36N3O4+. The quantitative estimate of drug-likeness (QED) is 0.316. The number of rotatable bonds is 8. The molecule has 1 aliphatic heterocycles. The topological polar surface area (TPSA) is 75.7 Å². The molecule has 198 valence electrons. The molecular weight excluding hydrogens is 478 g/mol. The van der Waals surface area contributed by atoms with Gasteiger partial charge in [-0.2, -0.15) is 0 Å². The maximum atomic E-state index is 12.9. The molecule has 38 heavy (non-hydrogen) atoms. The fourth-order valence-electron chi connectivity index (χ4n) is 4.71. The molecule has 0 unspecified atom stereocenters. The van der Waals surface area contributed by atoms with E-state index >= 15 is 0 Å². The summed E-state index contributed by atoms with van der Waals surface area (Å²) in [6.45, 7) is 1.96. The maximum Gasteiger partial charge on any atom is 0.411 e. The largest absolute Gasteiger partial charge is 0.446 e. The van der Waals surface area contributed by atoms with E-state index in [-0.39, 0.29) is 12.0 Å². The van der Waals surface area contributed by atoms with Crippen LogP contribution in [-0.2, 0) is 16.0 Å². The van der Waals surface area contributed by atoms with Gasteiger partial charge in [0.25, 0.3) is 0 Å². The molecule has 7 nitrogen and oxygen atoms in total. The molecule has 2 amide bonds. The van der Waals surface area contributed by atoms with Gasteiger partial charge in [-0.1, -0.05) is 42.5 Å². The van der Waals surface area contributed by atoms with Crippen molar-refractivity contribution < 1.29 is 23.6 Å². The van der Waals surface area contributed by atoms with Gasteiger partial charge >= 0.3 is 6.09 Å². The summed E-state index contributed by atoms with van der Waals surface area (Å²) in [5.74, 6) is -0.0384. The molecule has 1 fully saturated rings. The highest BCUT2D eigenvalue weighted by Crippen LogP contribution is 2.30. The molecule has 0 aromatic heterocycles. The summed E-state index contributed by atoms with van der Waals surface area (Å²) >= 11 is 0. The first-order valence-electron chi connectivity index (χ1n) is 13.0. The normalized spacial score (nSPS) is 14.9. The SMILES string of the molecule is CN(C(=O)CCc1ccc(-c2ccccc2)c(NC(=O)OC2CC[N+](C)(C)CC2)c1)c1ccc(C=O)cc1. The maximum absolute atomic E-state index is 12.9. The Labute approximate surface area is 224 Å². The number of hydrogen-bond acceptors (Lipinski definition) is 4. The summed E-state index contributed by atoms with van der Waals surface area (Å²) in [4.78, 5) is 38.2. The van der Waals surface area contributed by atoms with E-state index in [1.54, 1.807) is 36.2 Å². The Bertz CT molecular complexity index is 1260. The lowest BCUT2D eigenvalue weighted by atomic mass is 9.99. The predicted molar refractivity (Wildman–Crippen MR) is 150 cm³/mol. The second kappa shape index (κ2) is 12.0. The molecule has 1 heterocycles. The molecule has 0 aliphatic carbocycles. The molecule has 0 radical (unpaired) electrons. The fourth-order valence-corrected chi connectivity index (χ4v) is 4.71. The molecule has 4 rings (SSSR count). The Kier molecular flexibility index (Phi) is 8.59. The minimum Gasteiger partial charge on any atom is -0.446 e. The molecule has 1 aliphatic rings. The smallest absolute Gasteiger partial charge is 0.411 e. The average molecular weight is 515 g/mol. The number of carbonyl (C=O) groups is 3. The van der Waals surface area contributed by atoms with E-state index in [1.807, 2.05) is 48.5 Å². The van der Waals surface area contributed by atoms with Gasteiger partial charge < -0.3 is 14.1 Å². The second-order valence-corrected chi connectivity index (χ2v) is 10.5. The van der Waals surface area contributed by atoms with Crippen molar-refractivity contribution in [2.75, 3.05) is 44.4 Å². The molecule has 0 atom stereocenters. The molecule has 1 N–H and O–H groups in total. The van der Waals surface area contributed by atoms with Crippen LogP contribution in [0.25, 0.3) is 11.1 Å². The molecule has 0 saturated carbocycles. The number of hydrogen-bond donors (Lipinski definition) is 1. The third kappa shape index (κ3) is 7.07. The van der Waals surface area contributed by atoms with E-state index in [0.717, 1.165) is 59.1 Å². The standard InChI is InChI=1S/C31H35N3O4/c1-33(26-13-9-24(22-35)10-14-26)30(36)16-12-23-11-15-28(25-7-5-4-6-8-25)29(21-23)32-31(37)38-27-17-19-34(2,3)20-18-27/h4-11,13-15,21-22,27H,12,16-20H2,1-3H3/p+1. The predicted octanol–water partition coefficient (Wildman–Crippen LogP) is 5.55. The highest BCUT2D eigenvalue weighted by atomic mass is 16.6. The first kappa shape index (κ1) is 27.1. The third-order valence-electron chi connectivity index (χ3n) is 7.21. The zero-order chi connectivity index (χ0) is 27.1. The summed E-state index contributed by atoms with van der Waals surface area (Å²) in [5.41, 5.74) is 4.78. The number of likely N-dealkylation sites (tertiary alicyclic amines) is 1. The van der Waals surface area contributed by atoms with E-state index in [1.165, 1.54) is 0 Å². The van der Waals surface area contributed by atoms with Crippen molar-refractivity contribution in [3.05, 3.63) is 83.9 Å². The number of aryl methyl sites for hydroxylation is 1. The van der Waals surface area contributed by atoms with Gasteiger partial charge in [-0.3, -0.25) is 14.9 Å². The molecule has 0 spiro atoms. The van der Waals surface area contributed by atoms with Gasteiger partial charge in [-0.25, -0.2) is 4.79 Å². The first-order chi connectivity index (χ1) is 18.2. The van der Waals surface area contributed by atoms with Crippen LogP contribution in [0, 0.1) is 0 Å². The number of benzene rings is 3. The summed E-state index contributed by atoms with van der Waals surface area (Å²) in [5, 5.41) is 2.97. The minimum absolute atomic E-state index is 0.0384. The number of nitrogens with zero attached hydrogens (tertiary/aromatic N) is 2. The van der Waals surface area contributed by atoms with Gasteiger partial charge in [0.1, 0.15) is 12.4 Å². The number of ether oxygens (including phenoxy) is 1. The highest BCUT2D eigenvalue weighted by molar-refractivity contribution is 5.94. The molecule has 0 bridgehead atoms. The van der Waals surface area contributed by atoms with Crippen molar-refractivity contribution in [1.29, 1.82) is 0 Å². The number of nitrogens with one attached hydrogen (secondary N) is 1. The lowest BCUT2D eigenvalue weighted by molar-refractivity contribution is -0.896. The Morgan fingerprint density at radius 1 is 1.00 bits per heavy atom. The molecule has 7 heteroatoms. The fraction of sp³-hybridized carbons (Fsp3) is 0.323. The van der Waals surface area contributed by atoms with Crippen LogP contribution in [0.15, 0.2) is 72.8 Å². The lowest BCUT2D eigenvalue weighted by Crippen LogP contribution is -2.48. The minimum atomic E-state index is -0.453. The van der Waals surface area contributed by atoms with Crippen LogP contribution in [0.2, 0.25) is 0 Å². The number of carbonyl (C=O) groups excluding carboxylic acids is 3. The van der Waals surface area contributed by atoms with Gasteiger partial charge in [0.05, 0.1) is 32.9 Å². The number of aldehydes is 1. The van der Waals surface area contributed by atoms with Gasteiger partial charge in [-0.05, 0) is 47.9 Å². The summed E-state index contributed by atoms with van der Waals surface area (Å²) in [6, 6.07) is 22.7. The van der Waals surface area contributed by atoms with Crippen molar-refractivity contribution in [2.24, 2.45) is 0 Å². The van der Waals surface area contributed by atoms with Crippen molar-refractivity contribution in [3.63, 3.8) is 0 Å². The van der Waals surface area contributed by atoms with E-state index in [0.29, 0.717) is 24.1 Å². The second-order valence-electron chi connectivity index (χ2n) is 10.5. The molecule has 3 aromatic carbocycles. The van der Waals surface area contributed by atoms with E-state index in [2.05, 4.69) is 19.4 Å². The van der Waals surface area contributed by atoms with Crippen molar-refractivity contribution >= 4 is 29.7 Å². The third-order valence-corrected chi connectivity index (χ3v) is 7.21. The van der Waals surface area contributed by atoms with Crippen LogP contribution in [0.4, 0.5) is 16.2 Å². The van der Waals surface area contributed by atoms with E-state index < -0.39 is 6.09 Å². The van der Waals surface area contributed by atoms with Crippen LogP contribution >= 0.6 is 0 Å². The average Bonchev–Trinajstić information content (AvgIpc) is 2.93. The van der Waals surface area contributed by atoms with Crippen molar-refractivity contribution in [1.82, 2.24) is 0 Å². The summed E-state index contributed by atoms with van der Waals surface area (Å²) < 4.78 is 6.72. The van der Waals surface area contributed by atoms with Crippen LogP contribution in [0.5, 0.6) is 0 Å². The molecule has 1 saturated heterocycles. The van der Waals surface area contributed by atoms with Crippen LogP contribution in [-0.4, -0.2) is 63.1 Å². The van der Waals surface area contributed by atoms with Gasteiger partial charge in [0, 0.05) is 43.1 Å². The van der Waals surface area contributed by atoms with Crippen LogP contribution < -0.4 is 10.2 Å². The van der Waals surface area contributed by atoms with E-state index in [4.69, 9.17) is 4.74 Å². The summed E-state index contributed by atoms with van der Waals surface area (Å²) in [7, 11) is 6.12. The van der Waals surface area contributed by atoms with Gasteiger partial charge in [-0.15, -0.1) is 0 Å². The summed E-state index contributed by atoms with van der Waals surface area (Å²) in [6.07, 6.45) is 2.75. The van der Waals surface area contributed by atoms with Gasteiger partial charge in [0.2, 0.25) is 5.91 Å². The Balaban J connectivity index is 1.45. The van der Waals surface area contributed by atoms with E-state index in [9.17, 15) is 14.4 Å². The number of anilines is 2. The number of amides is 2. The van der Waals surface area contributed by atoms with Crippen LogP contribution in [0.1, 0.15) is 35.2 Å². The Morgan fingerprint density at radius 3 is 2.34 bits per heavy atom. The van der Waals surface area contributed by atoms with Crippen molar-refractivity contribution in [3.8, 4) is 11.1 Å². The number of piperidine rings is 1. The molecule has 3 aromatic rings. The first-order valence-corrected chi connectivity index (χ1v) is 13.0. The Morgan fingerprint density at radius 2 is 1.68 bits per heavy atom. The van der Waals surface area contributed by atoms with Crippen LogP contribution in [0.3, 0.4) is 0 Å². The highest BCUT2D eigenvalue weighted by Gasteiger charge is 2.28. The zero-order valence-corrected chi connectivity index (χ0v) is 22.4. The number of quaternary nitrogens is 1. The lowest BCUT2D eigenvalue weighted by Gasteiger charge is -2.36. The Hall–Kier alpha value is -3.97. The zero-order valence-electron chi connectivity index (χ0n) is 22.4. The van der Waals surface area contributed by atoms with Gasteiger partial charge in [0.15, 0.2) is 0 Å². The van der Waals surface area contributed by atoms with Crippen molar-refractivity contribution in [2.45, 2.75) is 31.8 Å².